The minimum Gasteiger partial charge on any atom is -0.394 e. The lowest BCUT2D eigenvalue weighted by atomic mass is 10.0. The molecule has 19 heavy (non-hydrogen) atoms. The monoisotopic (exact) mass is 324 g/mol. The van der Waals surface area contributed by atoms with E-state index >= 15 is 0 Å². The number of ether oxygens (including phenoxy) is 1. The maximum absolute atomic E-state index is 11.2. The molecule has 6 N–H and O–H groups in total. The molecule has 0 aliphatic carbocycles. The molecule has 1 unspecified atom stereocenters. The topological polar surface area (TPSA) is 183 Å². The van der Waals surface area contributed by atoms with Gasteiger partial charge in [-0.1, -0.05) is 0 Å². The minimum absolute atomic E-state index is 0.488. The van der Waals surface area contributed by atoms with Crippen molar-refractivity contribution in [2.45, 2.75) is 24.4 Å². The number of rotatable bonds is 5. The van der Waals surface area contributed by atoms with E-state index in [-0.39, 0.29) is 0 Å². The van der Waals surface area contributed by atoms with Crippen molar-refractivity contribution in [3.8, 4) is 0 Å². The van der Waals surface area contributed by atoms with Gasteiger partial charge in [-0.05, 0) is 0 Å². The number of aliphatic hydroxyl groups is 3. The van der Waals surface area contributed by atoms with E-state index in [4.69, 9.17) is 24.5 Å². The first-order chi connectivity index (χ1) is 8.56. The summed E-state index contributed by atoms with van der Waals surface area (Å²) in [5, 5.41) is 27.8. The van der Waals surface area contributed by atoms with Crippen LogP contribution in [0.25, 0.3) is 0 Å². The fraction of sp³-hybridized carbons (Fsp3) is 1.00. The molecule has 11 nitrogen and oxygen atoms in total. The number of phosphoric acid groups is 2. The van der Waals surface area contributed by atoms with Crippen LogP contribution in [0.2, 0.25) is 0 Å². The van der Waals surface area contributed by atoms with Gasteiger partial charge in [-0.3, -0.25) is 4.52 Å². The predicted octanol–water partition coefficient (Wildman–Crippen LogP) is -2.31. The van der Waals surface area contributed by atoms with Crippen LogP contribution in [0.15, 0.2) is 0 Å². The summed E-state index contributed by atoms with van der Waals surface area (Å²) in [6, 6.07) is 0. The zero-order valence-corrected chi connectivity index (χ0v) is 11.1. The van der Waals surface area contributed by atoms with E-state index in [0.717, 1.165) is 0 Å². The highest BCUT2D eigenvalue weighted by atomic mass is 31.3. The van der Waals surface area contributed by atoms with Crippen LogP contribution in [0, 0.1) is 0 Å². The maximum atomic E-state index is 11.2. The van der Waals surface area contributed by atoms with Gasteiger partial charge in [-0.2, -0.15) is 4.31 Å². The number of phosphoric ester groups is 1. The highest BCUT2D eigenvalue weighted by Crippen LogP contribution is 2.58. The molecule has 1 aliphatic rings. The molecular formula is C6H14O11P2. The van der Waals surface area contributed by atoms with Crippen LogP contribution < -0.4 is 0 Å². The maximum Gasteiger partial charge on any atom is 0.481 e. The lowest BCUT2D eigenvalue weighted by Gasteiger charge is -2.36. The van der Waals surface area contributed by atoms with Gasteiger partial charge in [0.15, 0.2) is 0 Å². The second-order valence-electron chi connectivity index (χ2n) is 3.72. The standard InChI is InChI=1S/C6H14O11P2/c7-1-3-5(8)6(9)4(2-15-3)16-19(13,14)17-18(10,11)12/h3-9H,1-2H2,(H,13,14)(H2,10,11,12)/t3-,4+,5-,6-/m1/s1. The van der Waals surface area contributed by atoms with Crippen LogP contribution in [0.1, 0.15) is 0 Å². The van der Waals surface area contributed by atoms with Crippen molar-refractivity contribution in [2.24, 2.45) is 0 Å². The van der Waals surface area contributed by atoms with Crippen molar-refractivity contribution in [1.29, 1.82) is 0 Å². The van der Waals surface area contributed by atoms with Crippen molar-refractivity contribution in [1.82, 2.24) is 0 Å². The molecule has 0 radical (unpaired) electrons. The predicted molar refractivity (Wildman–Crippen MR) is 56.7 cm³/mol. The molecule has 0 aromatic rings. The zero-order valence-electron chi connectivity index (χ0n) is 9.34. The lowest BCUT2D eigenvalue weighted by Crippen LogP contribution is -2.54. The fourth-order valence-corrected chi connectivity index (χ4v) is 3.19. The second kappa shape index (κ2) is 6.25. The van der Waals surface area contributed by atoms with Crippen molar-refractivity contribution in [3.05, 3.63) is 0 Å². The molecule has 114 valence electrons. The Bertz CT molecular complexity index is 393. The van der Waals surface area contributed by atoms with Crippen LogP contribution in [-0.4, -0.2) is 67.6 Å². The summed E-state index contributed by atoms with van der Waals surface area (Å²) in [6.45, 7) is -1.08. The fourth-order valence-electron chi connectivity index (χ4n) is 1.43. The molecule has 1 heterocycles. The first kappa shape index (κ1) is 17.2. The SMILES string of the molecule is O=P(O)(O)OP(=O)(O)O[C@H]1CO[C@H](CO)[C@@H](O)[C@@H]1O. The highest BCUT2D eigenvalue weighted by Gasteiger charge is 2.44. The number of aliphatic hydroxyl groups excluding tert-OH is 3. The molecule has 0 saturated carbocycles. The molecule has 1 saturated heterocycles. The molecular weight excluding hydrogens is 310 g/mol. The Morgan fingerprint density at radius 1 is 1.16 bits per heavy atom. The first-order valence-corrected chi connectivity index (χ1v) is 7.95. The molecule has 0 aromatic heterocycles. The molecule has 0 aromatic carbocycles. The van der Waals surface area contributed by atoms with Crippen molar-refractivity contribution in [2.75, 3.05) is 13.2 Å². The average molecular weight is 324 g/mol. The van der Waals surface area contributed by atoms with E-state index in [1.165, 1.54) is 0 Å². The molecule has 5 atom stereocenters. The normalized spacial score (nSPS) is 35.9. The van der Waals surface area contributed by atoms with E-state index in [1.807, 2.05) is 0 Å². The lowest BCUT2D eigenvalue weighted by molar-refractivity contribution is -0.191. The van der Waals surface area contributed by atoms with E-state index in [0.29, 0.717) is 0 Å². The summed E-state index contributed by atoms with van der Waals surface area (Å²) >= 11 is 0. The van der Waals surface area contributed by atoms with Crippen molar-refractivity contribution in [3.63, 3.8) is 0 Å². The Hall–Kier alpha value is 0.1000. The second-order valence-corrected chi connectivity index (χ2v) is 6.50. The first-order valence-electron chi connectivity index (χ1n) is 4.92. The van der Waals surface area contributed by atoms with Crippen molar-refractivity contribution < 1.29 is 52.7 Å². The van der Waals surface area contributed by atoms with Gasteiger partial charge in [0.1, 0.15) is 24.4 Å². The zero-order chi connectivity index (χ0) is 14.8. The van der Waals surface area contributed by atoms with E-state index in [1.54, 1.807) is 0 Å². The summed E-state index contributed by atoms with van der Waals surface area (Å²) in [5.74, 6) is 0. The van der Waals surface area contributed by atoms with Gasteiger partial charge in [0.05, 0.1) is 13.2 Å². The van der Waals surface area contributed by atoms with Gasteiger partial charge >= 0.3 is 15.6 Å². The summed E-state index contributed by atoms with van der Waals surface area (Å²) in [7, 11) is -10.4. The Morgan fingerprint density at radius 2 is 1.74 bits per heavy atom. The Kier molecular flexibility index (Phi) is 5.64. The quantitative estimate of drug-likeness (QED) is 0.299. The summed E-state index contributed by atoms with van der Waals surface area (Å²) < 4.78 is 34.3. The Balaban J connectivity index is 2.68. The Morgan fingerprint density at radius 3 is 2.21 bits per heavy atom. The van der Waals surface area contributed by atoms with Gasteiger partial charge < -0.3 is 34.7 Å². The molecule has 13 heteroatoms. The van der Waals surface area contributed by atoms with E-state index in [2.05, 4.69) is 8.83 Å². The van der Waals surface area contributed by atoms with E-state index in [9.17, 15) is 19.3 Å². The molecule has 0 amide bonds. The van der Waals surface area contributed by atoms with Crippen LogP contribution in [0.5, 0.6) is 0 Å². The third kappa shape index (κ3) is 5.18. The molecule has 1 aliphatic heterocycles. The van der Waals surface area contributed by atoms with Crippen LogP contribution in [-0.2, 0) is 22.7 Å². The molecule has 0 bridgehead atoms. The summed E-state index contributed by atoms with van der Waals surface area (Å²) in [4.78, 5) is 25.8. The van der Waals surface area contributed by atoms with Gasteiger partial charge in [0.25, 0.3) is 0 Å². The smallest absolute Gasteiger partial charge is 0.394 e. The molecule has 1 rings (SSSR count). The number of hydrogen-bond acceptors (Lipinski definition) is 8. The van der Waals surface area contributed by atoms with Crippen LogP contribution in [0.3, 0.4) is 0 Å². The largest absolute Gasteiger partial charge is 0.481 e. The van der Waals surface area contributed by atoms with E-state index < -0.39 is 53.3 Å². The van der Waals surface area contributed by atoms with Gasteiger partial charge in [0, 0.05) is 0 Å². The third-order valence-electron chi connectivity index (χ3n) is 2.24. The van der Waals surface area contributed by atoms with Crippen molar-refractivity contribution >= 4 is 15.6 Å². The van der Waals surface area contributed by atoms with Crippen LogP contribution >= 0.6 is 15.6 Å². The minimum atomic E-state index is -5.27. The van der Waals surface area contributed by atoms with Crippen LogP contribution in [0.4, 0.5) is 0 Å². The Labute approximate surface area is 107 Å². The number of hydrogen-bond donors (Lipinski definition) is 6. The highest BCUT2D eigenvalue weighted by molar-refractivity contribution is 7.60. The summed E-state index contributed by atoms with van der Waals surface area (Å²) in [6.07, 6.45) is -5.96. The molecule has 1 fully saturated rings. The van der Waals surface area contributed by atoms with Gasteiger partial charge in [-0.15, -0.1) is 0 Å². The third-order valence-corrected chi connectivity index (χ3v) is 4.46. The molecule has 0 spiro atoms. The van der Waals surface area contributed by atoms with Gasteiger partial charge in [-0.25, -0.2) is 9.13 Å². The summed E-state index contributed by atoms with van der Waals surface area (Å²) in [5.41, 5.74) is 0. The average Bonchev–Trinajstić information content (AvgIpc) is 2.21. The van der Waals surface area contributed by atoms with Gasteiger partial charge in [0.2, 0.25) is 0 Å².